The summed E-state index contributed by atoms with van der Waals surface area (Å²) in [6, 6.07) is 7.48. The second-order valence-electron chi connectivity index (χ2n) is 7.59. The first-order chi connectivity index (χ1) is 14.6. The lowest BCUT2D eigenvalue weighted by Gasteiger charge is -2.40. The van der Waals surface area contributed by atoms with Gasteiger partial charge in [-0.05, 0) is 49.6 Å². The minimum absolute atomic E-state index is 0.188. The van der Waals surface area contributed by atoms with Crippen molar-refractivity contribution in [2.45, 2.75) is 38.9 Å². The fourth-order valence-corrected chi connectivity index (χ4v) is 3.72. The van der Waals surface area contributed by atoms with Crippen molar-refractivity contribution in [2.24, 2.45) is 0 Å². The number of halogens is 3. The maximum atomic E-state index is 13.2. The summed E-state index contributed by atoms with van der Waals surface area (Å²) >= 11 is 0. The van der Waals surface area contributed by atoms with Crippen LogP contribution in [0.1, 0.15) is 35.7 Å². The van der Waals surface area contributed by atoms with Crippen molar-refractivity contribution in [3.05, 3.63) is 47.7 Å². The van der Waals surface area contributed by atoms with Gasteiger partial charge < -0.3 is 15.5 Å². The van der Waals surface area contributed by atoms with Crippen molar-refractivity contribution < 1.29 is 22.8 Å². The number of hydrogen-bond donors (Lipinski definition) is 1. The highest BCUT2D eigenvalue weighted by molar-refractivity contribution is 5.99. The summed E-state index contributed by atoms with van der Waals surface area (Å²) in [5, 5.41) is 0. The van der Waals surface area contributed by atoms with Crippen molar-refractivity contribution in [1.29, 1.82) is 0 Å². The smallest absolute Gasteiger partial charge is 0.383 e. The van der Waals surface area contributed by atoms with Crippen molar-refractivity contribution in [3.63, 3.8) is 0 Å². The van der Waals surface area contributed by atoms with E-state index >= 15 is 0 Å². The maximum absolute atomic E-state index is 13.2. The molecule has 2 heterocycles. The van der Waals surface area contributed by atoms with E-state index in [0.29, 0.717) is 24.5 Å². The molecule has 31 heavy (non-hydrogen) atoms. The molecule has 2 N–H and O–H groups in total. The molecule has 1 unspecified atom stereocenters. The summed E-state index contributed by atoms with van der Waals surface area (Å²) in [4.78, 5) is 32.8. The first-order valence-electron chi connectivity index (χ1n) is 10.1. The zero-order chi connectivity index (χ0) is 22.8. The summed E-state index contributed by atoms with van der Waals surface area (Å²) in [5.74, 6) is -0.491. The second-order valence-corrected chi connectivity index (χ2v) is 7.59. The van der Waals surface area contributed by atoms with Gasteiger partial charge in [-0.3, -0.25) is 9.59 Å². The quantitative estimate of drug-likeness (QED) is 0.779. The molecule has 1 aliphatic heterocycles. The van der Waals surface area contributed by atoms with Crippen LogP contribution in [0.2, 0.25) is 0 Å². The van der Waals surface area contributed by atoms with E-state index in [1.165, 1.54) is 9.80 Å². The number of nitrogens with two attached hydrogens (primary N) is 1. The Bertz CT molecular complexity index is 977. The first-order valence-corrected chi connectivity index (χ1v) is 10.1. The minimum Gasteiger partial charge on any atom is -0.383 e. The number of benzene rings is 1. The molecule has 1 saturated heterocycles. The van der Waals surface area contributed by atoms with E-state index in [0.717, 1.165) is 16.7 Å². The Labute approximate surface area is 178 Å². The number of pyridine rings is 1. The van der Waals surface area contributed by atoms with Crippen LogP contribution in [-0.4, -0.2) is 58.5 Å². The van der Waals surface area contributed by atoms with Gasteiger partial charge in [0.15, 0.2) is 0 Å². The Balaban J connectivity index is 1.88. The van der Waals surface area contributed by atoms with Crippen molar-refractivity contribution in [2.75, 3.05) is 25.4 Å². The number of hydrogen-bond acceptors (Lipinski definition) is 4. The molecule has 166 valence electrons. The van der Waals surface area contributed by atoms with Gasteiger partial charge in [-0.25, -0.2) is 4.98 Å². The third kappa shape index (κ3) is 5.15. The second kappa shape index (κ2) is 8.95. The van der Waals surface area contributed by atoms with Crippen LogP contribution in [-0.2, 0) is 4.79 Å². The SMILES string of the molecule is CCN1CCN(C(=O)c2cccc(-c3cnc(N)c(C)c3)c2)C(CCC(F)(F)F)C1=O. The summed E-state index contributed by atoms with van der Waals surface area (Å²) < 4.78 is 38.5. The molecule has 1 aromatic carbocycles. The normalized spacial score (nSPS) is 17.2. The van der Waals surface area contributed by atoms with Gasteiger partial charge in [0, 0.05) is 43.4 Å². The van der Waals surface area contributed by atoms with Crippen LogP contribution >= 0.6 is 0 Å². The van der Waals surface area contributed by atoms with E-state index < -0.39 is 36.9 Å². The zero-order valence-corrected chi connectivity index (χ0v) is 17.4. The zero-order valence-electron chi connectivity index (χ0n) is 17.4. The lowest BCUT2D eigenvalue weighted by molar-refractivity contribution is -0.149. The topological polar surface area (TPSA) is 79.5 Å². The molecule has 2 aromatic rings. The first kappa shape index (κ1) is 22.6. The van der Waals surface area contributed by atoms with Crippen LogP contribution in [0.15, 0.2) is 36.5 Å². The molecular formula is C22H25F3N4O2. The number of rotatable bonds is 5. The number of amides is 2. The van der Waals surface area contributed by atoms with Crippen LogP contribution in [0.25, 0.3) is 11.1 Å². The number of likely N-dealkylation sites (N-methyl/N-ethyl adjacent to an activating group) is 1. The molecule has 1 atom stereocenters. The Morgan fingerprint density at radius 3 is 2.61 bits per heavy atom. The number of aromatic nitrogens is 1. The molecule has 9 heteroatoms. The van der Waals surface area contributed by atoms with Gasteiger partial charge in [-0.1, -0.05) is 12.1 Å². The van der Waals surface area contributed by atoms with Gasteiger partial charge in [0.25, 0.3) is 5.91 Å². The van der Waals surface area contributed by atoms with E-state index in [1.807, 2.05) is 19.1 Å². The summed E-state index contributed by atoms with van der Waals surface area (Å²) in [7, 11) is 0. The predicted molar refractivity (Wildman–Crippen MR) is 111 cm³/mol. The average Bonchev–Trinajstić information content (AvgIpc) is 2.73. The third-order valence-corrected chi connectivity index (χ3v) is 5.49. The fraction of sp³-hybridized carbons (Fsp3) is 0.409. The van der Waals surface area contributed by atoms with Gasteiger partial charge in [-0.15, -0.1) is 0 Å². The number of anilines is 1. The van der Waals surface area contributed by atoms with E-state index in [-0.39, 0.29) is 6.54 Å². The van der Waals surface area contributed by atoms with Crippen LogP contribution < -0.4 is 5.73 Å². The monoisotopic (exact) mass is 434 g/mol. The predicted octanol–water partition coefficient (Wildman–Crippen LogP) is 3.65. The van der Waals surface area contributed by atoms with E-state index in [1.54, 1.807) is 31.3 Å². The highest BCUT2D eigenvalue weighted by Crippen LogP contribution is 2.28. The number of aryl methyl sites for hydroxylation is 1. The van der Waals surface area contributed by atoms with Gasteiger partial charge in [0.05, 0.1) is 0 Å². The number of alkyl halides is 3. The molecule has 1 fully saturated rings. The Kier molecular flexibility index (Phi) is 6.52. The van der Waals surface area contributed by atoms with Crippen molar-refractivity contribution >= 4 is 17.6 Å². The average molecular weight is 434 g/mol. The Morgan fingerprint density at radius 1 is 1.23 bits per heavy atom. The standard InChI is InChI=1S/C22H25F3N4O2/c1-3-28-9-10-29(18(21(28)31)7-8-22(23,24)25)20(30)16-6-4-5-15(12-16)17-11-14(2)19(26)27-13-17/h4-6,11-13,18H,3,7-10H2,1-2H3,(H2,26,27). The molecule has 2 amide bonds. The molecule has 0 radical (unpaired) electrons. The molecule has 3 rings (SSSR count). The fourth-order valence-electron chi connectivity index (χ4n) is 3.72. The molecule has 1 aliphatic rings. The highest BCUT2D eigenvalue weighted by atomic mass is 19.4. The molecule has 6 nitrogen and oxygen atoms in total. The molecular weight excluding hydrogens is 409 g/mol. The van der Waals surface area contributed by atoms with Crippen molar-refractivity contribution in [1.82, 2.24) is 14.8 Å². The lowest BCUT2D eigenvalue weighted by Crippen LogP contribution is -2.58. The summed E-state index contributed by atoms with van der Waals surface area (Å²) in [6.45, 7) is 4.47. The third-order valence-electron chi connectivity index (χ3n) is 5.49. The largest absolute Gasteiger partial charge is 0.389 e. The van der Waals surface area contributed by atoms with E-state index in [2.05, 4.69) is 4.98 Å². The number of nitrogens with zero attached hydrogens (tertiary/aromatic N) is 3. The van der Waals surface area contributed by atoms with E-state index in [4.69, 9.17) is 5.73 Å². The number of piperazine rings is 1. The van der Waals surface area contributed by atoms with Crippen LogP contribution in [0, 0.1) is 6.92 Å². The number of nitrogen functional groups attached to an aromatic ring is 1. The van der Waals surface area contributed by atoms with Gasteiger partial charge in [0.1, 0.15) is 11.9 Å². The van der Waals surface area contributed by atoms with Gasteiger partial charge in [-0.2, -0.15) is 13.2 Å². The van der Waals surface area contributed by atoms with Gasteiger partial charge in [0.2, 0.25) is 5.91 Å². The Hall–Kier alpha value is -3.10. The van der Waals surface area contributed by atoms with E-state index in [9.17, 15) is 22.8 Å². The molecule has 0 aliphatic carbocycles. The molecule has 0 bridgehead atoms. The molecule has 1 aromatic heterocycles. The lowest BCUT2D eigenvalue weighted by atomic mass is 10.00. The maximum Gasteiger partial charge on any atom is 0.389 e. The van der Waals surface area contributed by atoms with Crippen molar-refractivity contribution in [3.8, 4) is 11.1 Å². The van der Waals surface area contributed by atoms with Gasteiger partial charge >= 0.3 is 6.18 Å². The summed E-state index contributed by atoms with van der Waals surface area (Å²) in [6.07, 6.45) is -4.38. The molecule has 0 saturated carbocycles. The highest BCUT2D eigenvalue weighted by Gasteiger charge is 2.39. The number of carbonyl (C=O) groups excluding carboxylic acids is 2. The Morgan fingerprint density at radius 2 is 1.97 bits per heavy atom. The van der Waals surface area contributed by atoms with Crippen LogP contribution in [0.5, 0.6) is 0 Å². The van der Waals surface area contributed by atoms with Crippen LogP contribution in [0.4, 0.5) is 19.0 Å². The summed E-state index contributed by atoms with van der Waals surface area (Å²) in [5.41, 5.74) is 8.36. The van der Waals surface area contributed by atoms with Crippen LogP contribution in [0.3, 0.4) is 0 Å². The minimum atomic E-state index is -4.40. The molecule has 0 spiro atoms. The number of carbonyl (C=O) groups is 2.